The maximum absolute atomic E-state index is 12.7. The minimum absolute atomic E-state index is 0.0371. The molecule has 0 unspecified atom stereocenters. The molecule has 0 saturated heterocycles. The molecule has 0 aliphatic rings. The van der Waals surface area contributed by atoms with Crippen LogP contribution in [0.2, 0.25) is 0 Å². The molecular formula is C32H27NO4. The number of benzene rings is 4. The standard InChI is InChI=1S/C32H27NO4/c34-31-18-17-25(21-33(31)19-7-9-23-8-5-12-26(20-23)37-22-32(35)36)28-14-3-4-15-29(28)30-16-6-11-24-10-1-2-13-27(24)30/h1-6,8,10-18,20-21H,7,9,19,22H2,(H,35,36). The van der Waals surface area contributed by atoms with Crippen molar-refractivity contribution in [2.45, 2.75) is 19.4 Å². The summed E-state index contributed by atoms with van der Waals surface area (Å²) in [6, 6.07) is 34.0. The van der Waals surface area contributed by atoms with Crippen LogP contribution in [-0.2, 0) is 17.8 Å². The van der Waals surface area contributed by atoms with Crippen LogP contribution in [-0.4, -0.2) is 22.2 Å². The van der Waals surface area contributed by atoms with Crippen LogP contribution in [0, 0.1) is 0 Å². The van der Waals surface area contributed by atoms with Crippen molar-refractivity contribution in [2.75, 3.05) is 6.61 Å². The van der Waals surface area contributed by atoms with E-state index in [1.807, 2.05) is 48.7 Å². The molecule has 5 heteroatoms. The van der Waals surface area contributed by atoms with E-state index in [0.717, 1.165) is 40.7 Å². The Labute approximate surface area is 215 Å². The lowest BCUT2D eigenvalue weighted by Crippen LogP contribution is -2.19. The van der Waals surface area contributed by atoms with Gasteiger partial charge in [0.25, 0.3) is 5.56 Å². The van der Waals surface area contributed by atoms with E-state index < -0.39 is 5.97 Å². The summed E-state index contributed by atoms with van der Waals surface area (Å²) >= 11 is 0. The SMILES string of the molecule is O=C(O)COc1cccc(CCCn2cc(-c3ccccc3-c3cccc4ccccc34)ccc2=O)c1. The molecule has 0 saturated carbocycles. The maximum Gasteiger partial charge on any atom is 0.341 e. The molecule has 4 aromatic carbocycles. The number of carbonyl (C=O) groups is 1. The summed E-state index contributed by atoms with van der Waals surface area (Å²) in [6.45, 7) is 0.204. The van der Waals surface area contributed by atoms with Crippen LogP contribution in [0.4, 0.5) is 0 Å². The Morgan fingerprint density at radius 1 is 0.784 bits per heavy atom. The van der Waals surface area contributed by atoms with Crippen LogP contribution in [0.5, 0.6) is 5.75 Å². The summed E-state index contributed by atoms with van der Waals surface area (Å²) in [5, 5.41) is 11.2. The third kappa shape index (κ3) is 5.62. The number of fused-ring (bicyclic) bond motifs is 1. The number of aryl methyl sites for hydroxylation is 2. The first-order chi connectivity index (χ1) is 18.1. The maximum atomic E-state index is 12.7. The van der Waals surface area contributed by atoms with E-state index in [0.29, 0.717) is 12.3 Å². The molecule has 1 aromatic heterocycles. The highest BCUT2D eigenvalue weighted by molar-refractivity contribution is 6.00. The van der Waals surface area contributed by atoms with Crippen LogP contribution < -0.4 is 10.3 Å². The summed E-state index contributed by atoms with van der Waals surface area (Å²) in [6.07, 6.45) is 3.45. The van der Waals surface area contributed by atoms with Gasteiger partial charge >= 0.3 is 5.97 Å². The first-order valence-electron chi connectivity index (χ1n) is 12.3. The number of aromatic nitrogens is 1. The lowest BCUT2D eigenvalue weighted by molar-refractivity contribution is -0.139. The van der Waals surface area contributed by atoms with Gasteiger partial charge in [0.1, 0.15) is 5.75 Å². The molecule has 0 fully saturated rings. The number of aliphatic carboxylic acids is 1. The fourth-order valence-corrected chi connectivity index (χ4v) is 4.68. The molecular weight excluding hydrogens is 462 g/mol. The molecule has 5 rings (SSSR count). The minimum atomic E-state index is -1.01. The Bertz CT molecular complexity index is 1610. The lowest BCUT2D eigenvalue weighted by atomic mass is 9.92. The molecule has 0 aliphatic carbocycles. The van der Waals surface area contributed by atoms with Crippen molar-refractivity contribution >= 4 is 16.7 Å². The summed E-state index contributed by atoms with van der Waals surface area (Å²) in [4.78, 5) is 23.4. The van der Waals surface area contributed by atoms with Crippen molar-refractivity contribution in [2.24, 2.45) is 0 Å². The van der Waals surface area contributed by atoms with Gasteiger partial charge in [-0.2, -0.15) is 0 Å². The molecule has 5 nitrogen and oxygen atoms in total. The number of ether oxygens (including phenoxy) is 1. The lowest BCUT2D eigenvalue weighted by Gasteiger charge is -2.14. The fraction of sp³-hybridized carbons (Fsp3) is 0.125. The zero-order valence-electron chi connectivity index (χ0n) is 20.3. The summed E-state index contributed by atoms with van der Waals surface area (Å²) in [7, 11) is 0. The van der Waals surface area contributed by atoms with Gasteiger partial charge in [0.15, 0.2) is 6.61 Å². The number of pyridine rings is 1. The summed E-state index contributed by atoms with van der Waals surface area (Å²) in [5.74, 6) is -0.476. The zero-order valence-corrected chi connectivity index (χ0v) is 20.3. The second kappa shape index (κ2) is 11.0. The van der Waals surface area contributed by atoms with Crippen molar-refractivity contribution in [1.82, 2.24) is 4.57 Å². The number of carboxylic acids is 1. The average Bonchev–Trinajstić information content (AvgIpc) is 2.93. The van der Waals surface area contributed by atoms with Crippen LogP contribution >= 0.6 is 0 Å². The average molecular weight is 490 g/mol. The topological polar surface area (TPSA) is 68.5 Å². The van der Waals surface area contributed by atoms with E-state index in [4.69, 9.17) is 9.84 Å². The molecule has 37 heavy (non-hydrogen) atoms. The molecule has 0 amide bonds. The normalized spacial score (nSPS) is 10.9. The Hall–Kier alpha value is -4.64. The number of rotatable bonds is 9. The minimum Gasteiger partial charge on any atom is -0.482 e. The highest BCUT2D eigenvalue weighted by Crippen LogP contribution is 2.35. The van der Waals surface area contributed by atoms with Gasteiger partial charge in [0.2, 0.25) is 0 Å². The number of hydrogen-bond donors (Lipinski definition) is 1. The van der Waals surface area contributed by atoms with Crippen LogP contribution in [0.15, 0.2) is 114 Å². The van der Waals surface area contributed by atoms with Gasteiger partial charge in [-0.25, -0.2) is 4.79 Å². The van der Waals surface area contributed by atoms with E-state index in [9.17, 15) is 9.59 Å². The molecule has 0 bridgehead atoms. The third-order valence-corrected chi connectivity index (χ3v) is 6.43. The molecule has 1 N–H and O–H groups in total. The molecule has 0 spiro atoms. The first kappa shape index (κ1) is 24.1. The largest absolute Gasteiger partial charge is 0.482 e. The molecule has 184 valence electrons. The molecule has 0 atom stereocenters. The van der Waals surface area contributed by atoms with Crippen LogP contribution in [0.3, 0.4) is 0 Å². The van der Waals surface area contributed by atoms with Crippen molar-refractivity contribution in [3.05, 3.63) is 125 Å². The smallest absolute Gasteiger partial charge is 0.341 e. The summed E-state index contributed by atoms with van der Waals surface area (Å²) in [5.41, 5.74) is 5.36. The van der Waals surface area contributed by atoms with Crippen molar-refractivity contribution in [3.63, 3.8) is 0 Å². The van der Waals surface area contributed by atoms with Gasteiger partial charge in [0, 0.05) is 18.8 Å². The van der Waals surface area contributed by atoms with E-state index in [1.165, 1.54) is 10.8 Å². The van der Waals surface area contributed by atoms with E-state index in [2.05, 4.69) is 48.5 Å². The number of hydrogen-bond acceptors (Lipinski definition) is 3. The monoisotopic (exact) mass is 489 g/mol. The highest BCUT2D eigenvalue weighted by Gasteiger charge is 2.11. The van der Waals surface area contributed by atoms with E-state index in [1.54, 1.807) is 16.7 Å². The fourth-order valence-electron chi connectivity index (χ4n) is 4.68. The number of carboxylic acid groups (broad SMARTS) is 1. The predicted octanol–water partition coefficient (Wildman–Crippen LogP) is 6.43. The first-order valence-corrected chi connectivity index (χ1v) is 12.3. The second-order valence-corrected chi connectivity index (χ2v) is 8.96. The Morgan fingerprint density at radius 3 is 2.38 bits per heavy atom. The Kier molecular flexibility index (Phi) is 7.13. The van der Waals surface area contributed by atoms with E-state index >= 15 is 0 Å². The summed E-state index contributed by atoms with van der Waals surface area (Å²) < 4.78 is 7.04. The third-order valence-electron chi connectivity index (χ3n) is 6.43. The van der Waals surface area contributed by atoms with Gasteiger partial charge in [-0.3, -0.25) is 4.79 Å². The van der Waals surface area contributed by atoms with Gasteiger partial charge in [-0.15, -0.1) is 0 Å². The van der Waals surface area contributed by atoms with Crippen molar-refractivity contribution < 1.29 is 14.6 Å². The van der Waals surface area contributed by atoms with Crippen LogP contribution in [0.1, 0.15) is 12.0 Å². The van der Waals surface area contributed by atoms with Crippen molar-refractivity contribution in [1.29, 1.82) is 0 Å². The van der Waals surface area contributed by atoms with Crippen molar-refractivity contribution in [3.8, 4) is 28.0 Å². The van der Waals surface area contributed by atoms with Gasteiger partial charge < -0.3 is 14.4 Å². The molecule has 0 radical (unpaired) electrons. The predicted molar refractivity (Wildman–Crippen MR) is 147 cm³/mol. The van der Waals surface area contributed by atoms with Crippen LogP contribution in [0.25, 0.3) is 33.0 Å². The van der Waals surface area contributed by atoms with Gasteiger partial charge in [0.05, 0.1) is 0 Å². The zero-order chi connectivity index (χ0) is 25.6. The quantitative estimate of drug-likeness (QED) is 0.259. The van der Waals surface area contributed by atoms with Gasteiger partial charge in [-0.1, -0.05) is 78.9 Å². The highest BCUT2D eigenvalue weighted by atomic mass is 16.5. The molecule has 0 aliphatic heterocycles. The Morgan fingerprint density at radius 2 is 1.51 bits per heavy atom. The van der Waals surface area contributed by atoms with Gasteiger partial charge in [-0.05, 0) is 69.6 Å². The van der Waals surface area contributed by atoms with E-state index in [-0.39, 0.29) is 12.2 Å². The molecule has 5 aromatic rings. The number of nitrogens with zero attached hydrogens (tertiary/aromatic N) is 1. The molecule has 1 heterocycles. The Balaban J connectivity index is 1.38. The second-order valence-electron chi connectivity index (χ2n) is 8.96.